The van der Waals surface area contributed by atoms with Gasteiger partial charge < -0.3 is 19.6 Å². The van der Waals surface area contributed by atoms with E-state index in [1.54, 1.807) is 25.3 Å². The zero-order valence-electron chi connectivity index (χ0n) is 11.4. The van der Waals surface area contributed by atoms with Gasteiger partial charge in [0.1, 0.15) is 11.5 Å². The molecule has 0 bridgehead atoms. The van der Waals surface area contributed by atoms with Gasteiger partial charge in [-0.3, -0.25) is 0 Å². The summed E-state index contributed by atoms with van der Waals surface area (Å²) in [5.74, 6) is 1.57. The van der Waals surface area contributed by atoms with Crippen molar-refractivity contribution in [3.63, 3.8) is 0 Å². The maximum Gasteiger partial charge on any atom is 0.176 e. The molecule has 2 N–H and O–H groups in total. The molecule has 0 aliphatic carbocycles. The van der Waals surface area contributed by atoms with E-state index in [-0.39, 0.29) is 5.75 Å². The minimum atomic E-state index is 0.0655. The van der Waals surface area contributed by atoms with E-state index in [0.29, 0.717) is 17.3 Å². The Balaban J connectivity index is 1.80. The summed E-state index contributed by atoms with van der Waals surface area (Å²) in [6, 6.07) is 12.7. The normalized spacial score (nSPS) is 10.8. The monoisotopic (exact) mass is 303 g/mol. The maximum atomic E-state index is 9.39. The van der Waals surface area contributed by atoms with Crippen LogP contribution in [0.3, 0.4) is 0 Å². The number of halogens is 1. The number of phenolic OH excluding ortho intramolecular Hbond substituents is 1. The second kappa shape index (κ2) is 5.58. The van der Waals surface area contributed by atoms with E-state index in [4.69, 9.17) is 20.8 Å². The Morgan fingerprint density at radius 2 is 2.10 bits per heavy atom. The molecule has 4 nitrogen and oxygen atoms in total. The van der Waals surface area contributed by atoms with E-state index >= 15 is 0 Å². The molecule has 2 aromatic carbocycles. The van der Waals surface area contributed by atoms with Crippen molar-refractivity contribution in [3.05, 3.63) is 53.2 Å². The fraction of sp³-hybridized carbons (Fsp3) is 0.125. The molecule has 5 heteroatoms. The fourth-order valence-electron chi connectivity index (χ4n) is 2.14. The van der Waals surface area contributed by atoms with Gasteiger partial charge in [0.2, 0.25) is 0 Å². The van der Waals surface area contributed by atoms with Gasteiger partial charge in [-0.1, -0.05) is 23.7 Å². The van der Waals surface area contributed by atoms with E-state index in [2.05, 4.69) is 5.32 Å². The van der Waals surface area contributed by atoms with Crippen molar-refractivity contribution < 1.29 is 14.3 Å². The molecule has 0 aliphatic heterocycles. The summed E-state index contributed by atoms with van der Waals surface area (Å²) >= 11 is 5.87. The van der Waals surface area contributed by atoms with Gasteiger partial charge in [-0.25, -0.2) is 0 Å². The third-order valence-corrected chi connectivity index (χ3v) is 3.50. The van der Waals surface area contributed by atoms with Gasteiger partial charge in [0.25, 0.3) is 0 Å². The van der Waals surface area contributed by atoms with Crippen molar-refractivity contribution in [2.75, 3.05) is 12.4 Å². The van der Waals surface area contributed by atoms with Gasteiger partial charge >= 0.3 is 0 Å². The second-order valence-electron chi connectivity index (χ2n) is 4.61. The lowest BCUT2D eigenvalue weighted by atomic mass is 10.2. The Morgan fingerprint density at radius 1 is 1.24 bits per heavy atom. The van der Waals surface area contributed by atoms with Crippen molar-refractivity contribution >= 4 is 28.3 Å². The number of aromatic hydroxyl groups is 1. The number of methoxy groups -OCH3 is 1. The minimum Gasteiger partial charge on any atom is -0.506 e. The first-order valence-corrected chi connectivity index (χ1v) is 6.83. The highest BCUT2D eigenvalue weighted by atomic mass is 35.5. The third-order valence-electron chi connectivity index (χ3n) is 3.19. The number of ether oxygens (including phenoxy) is 1. The molecule has 0 atom stereocenters. The van der Waals surface area contributed by atoms with Crippen molar-refractivity contribution in [3.8, 4) is 11.5 Å². The van der Waals surface area contributed by atoms with E-state index < -0.39 is 0 Å². The van der Waals surface area contributed by atoms with Gasteiger partial charge in [0.15, 0.2) is 11.3 Å². The number of fused-ring (bicyclic) bond motifs is 1. The van der Waals surface area contributed by atoms with Crippen LogP contribution in [0.4, 0.5) is 5.69 Å². The van der Waals surface area contributed by atoms with Crippen LogP contribution >= 0.6 is 11.6 Å². The van der Waals surface area contributed by atoms with Gasteiger partial charge in [-0.2, -0.15) is 0 Å². The molecule has 0 fully saturated rings. The van der Waals surface area contributed by atoms with Gasteiger partial charge in [-0.05, 0) is 30.3 Å². The van der Waals surface area contributed by atoms with Crippen LogP contribution in [0, 0.1) is 0 Å². The predicted molar refractivity (Wildman–Crippen MR) is 83.2 cm³/mol. The molecule has 3 aromatic rings. The van der Waals surface area contributed by atoms with Gasteiger partial charge in [0.05, 0.1) is 18.7 Å². The van der Waals surface area contributed by atoms with Gasteiger partial charge in [-0.15, -0.1) is 0 Å². The van der Waals surface area contributed by atoms with Crippen LogP contribution in [0.5, 0.6) is 11.5 Å². The number of hydrogen-bond acceptors (Lipinski definition) is 4. The maximum absolute atomic E-state index is 9.39. The average Bonchev–Trinajstić information content (AvgIpc) is 2.91. The molecule has 0 aliphatic rings. The lowest BCUT2D eigenvalue weighted by Gasteiger charge is -2.05. The number of phenols is 1. The first-order chi connectivity index (χ1) is 10.2. The fourth-order valence-corrected chi connectivity index (χ4v) is 2.32. The highest BCUT2D eigenvalue weighted by Crippen LogP contribution is 2.29. The summed E-state index contributed by atoms with van der Waals surface area (Å²) in [5.41, 5.74) is 1.55. The number of hydrogen-bond donors (Lipinski definition) is 2. The lowest BCUT2D eigenvalue weighted by Crippen LogP contribution is -1.97. The Bertz CT molecular complexity index is 782. The van der Waals surface area contributed by atoms with Crippen LogP contribution in [0.15, 0.2) is 46.9 Å². The quantitative estimate of drug-likeness (QED) is 0.701. The smallest absolute Gasteiger partial charge is 0.176 e. The second-order valence-corrected chi connectivity index (χ2v) is 5.02. The Kier molecular flexibility index (Phi) is 3.62. The standard InChI is InChI=1S/C16H14ClNO3/c1-20-15-4-2-3-10-7-12(21-16(10)15)9-18-11-5-6-14(19)13(17)8-11/h2-8,18-19H,9H2,1H3. The predicted octanol–water partition coefficient (Wildman–Crippen LogP) is 4.41. The number of benzene rings is 2. The molecule has 21 heavy (non-hydrogen) atoms. The number of furan rings is 1. The number of anilines is 1. The zero-order valence-corrected chi connectivity index (χ0v) is 12.1. The first-order valence-electron chi connectivity index (χ1n) is 6.45. The summed E-state index contributed by atoms with van der Waals surface area (Å²) in [5, 5.41) is 13.9. The molecule has 108 valence electrons. The zero-order chi connectivity index (χ0) is 14.8. The average molecular weight is 304 g/mol. The molecule has 1 aromatic heterocycles. The van der Waals surface area contributed by atoms with Crippen LogP contribution in [0.1, 0.15) is 5.76 Å². The minimum absolute atomic E-state index is 0.0655. The molecule has 0 unspecified atom stereocenters. The van der Waals surface area contributed by atoms with E-state index in [1.807, 2.05) is 24.3 Å². The van der Waals surface area contributed by atoms with Crippen LogP contribution < -0.4 is 10.1 Å². The number of rotatable bonds is 4. The van der Waals surface area contributed by atoms with Crippen molar-refractivity contribution in [2.24, 2.45) is 0 Å². The summed E-state index contributed by atoms with van der Waals surface area (Å²) in [6.07, 6.45) is 0. The molecular formula is C16H14ClNO3. The molecule has 0 saturated carbocycles. The van der Waals surface area contributed by atoms with Crippen molar-refractivity contribution in [2.45, 2.75) is 6.54 Å². The van der Waals surface area contributed by atoms with E-state index in [0.717, 1.165) is 22.4 Å². The van der Waals surface area contributed by atoms with Crippen molar-refractivity contribution in [1.29, 1.82) is 0 Å². The van der Waals surface area contributed by atoms with E-state index in [9.17, 15) is 5.11 Å². The molecule has 0 radical (unpaired) electrons. The van der Waals surface area contributed by atoms with Crippen LogP contribution in [0.2, 0.25) is 5.02 Å². The lowest BCUT2D eigenvalue weighted by molar-refractivity contribution is 0.408. The Hall–Kier alpha value is -2.33. The summed E-state index contributed by atoms with van der Waals surface area (Å²) in [6.45, 7) is 0.513. The number of para-hydroxylation sites is 1. The molecule has 1 heterocycles. The Labute approximate surface area is 126 Å². The van der Waals surface area contributed by atoms with Crippen LogP contribution in [-0.4, -0.2) is 12.2 Å². The van der Waals surface area contributed by atoms with Crippen molar-refractivity contribution in [1.82, 2.24) is 0 Å². The molecule has 3 rings (SSSR count). The van der Waals surface area contributed by atoms with E-state index in [1.165, 1.54) is 0 Å². The summed E-state index contributed by atoms with van der Waals surface area (Å²) < 4.78 is 11.1. The first kappa shape index (κ1) is 13.6. The van der Waals surface area contributed by atoms with Crippen LogP contribution in [0.25, 0.3) is 11.0 Å². The molecule has 0 saturated heterocycles. The Morgan fingerprint density at radius 3 is 2.86 bits per heavy atom. The van der Waals surface area contributed by atoms with Gasteiger partial charge in [0, 0.05) is 11.1 Å². The molecule has 0 amide bonds. The topological polar surface area (TPSA) is 54.6 Å². The third kappa shape index (κ3) is 2.76. The summed E-state index contributed by atoms with van der Waals surface area (Å²) in [4.78, 5) is 0. The highest BCUT2D eigenvalue weighted by molar-refractivity contribution is 6.32. The largest absolute Gasteiger partial charge is 0.506 e. The number of nitrogens with one attached hydrogen (secondary N) is 1. The SMILES string of the molecule is COc1cccc2cc(CNc3ccc(O)c(Cl)c3)oc12. The highest BCUT2D eigenvalue weighted by Gasteiger charge is 2.08. The molecular weight excluding hydrogens is 290 g/mol. The summed E-state index contributed by atoms with van der Waals surface area (Å²) in [7, 11) is 1.62. The molecule has 0 spiro atoms. The van der Waals surface area contributed by atoms with Crippen LogP contribution in [-0.2, 0) is 6.54 Å².